The number of rotatable bonds is 6. The minimum Gasteiger partial charge on any atom is -0.468 e. The van der Waals surface area contributed by atoms with Gasteiger partial charge in [-0.05, 0) is 52.6 Å². The second kappa shape index (κ2) is 6.77. The van der Waals surface area contributed by atoms with Gasteiger partial charge < -0.3 is 9.73 Å². The van der Waals surface area contributed by atoms with Gasteiger partial charge in [-0.25, -0.2) is 0 Å². The summed E-state index contributed by atoms with van der Waals surface area (Å²) in [5.74, 6) is 1.98. The van der Waals surface area contributed by atoms with Gasteiger partial charge >= 0.3 is 0 Å². The van der Waals surface area contributed by atoms with E-state index in [1.54, 1.807) is 0 Å². The molecule has 0 amide bonds. The molecule has 1 aromatic heterocycles. The largest absolute Gasteiger partial charge is 0.468 e. The average molecular weight is 278 g/mol. The second-order valence-corrected chi connectivity index (χ2v) is 7.37. The second-order valence-electron chi connectivity index (χ2n) is 7.37. The van der Waals surface area contributed by atoms with Crippen LogP contribution < -0.4 is 5.32 Å². The third-order valence-electron chi connectivity index (χ3n) is 4.00. The molecular formula is C17H30N2O. The fourth-order valence-corrected chi connectivity index (χ4v) is 2.93. The maximum absolute atomic E-state index is 5.68. The van der Waals surface area contributed by atoms with Crippen molar-refractivity contribution in [3.8, 4) is 0 Å². The average Bonchev–Trinajstić information content (AvgIpc) is 2.97. The summed E-state index contributed by atoms with van der Waals surface area (Å²) in [5, 5.41) is 3.49. The molecule has 0 saturated heterocycles. The van der Waals surface area contributed by atoms with Crippen molar-refractivity contribution in [1.82, 2.24) is 10.2 Å². The topological polar surface area (TPSA) is 28.4 Å². The van der Waals surface area contributed by atoms with Crippen LogP contribution in [0.15, 0.2) is 16.7 Å². The molecule has 0 aliphatic heterocycles. The van der Waals surface area contributed by atoms with Crippen LogP contribution in [0.3, 0.4) is 0 Å². The van der Waals surface area contributed by atoms with Gasteiger partial charge in [-0.15, -0.1) is 0 Å². The van der Waals surface area contributed by atoms with Crippen molar-refractivity contribution < 1.29 is 4.42 Å². The summed E-state index contributed by atoms with van der Waals surface area (Å²) in [4.78, 5) is 2.40. The summed E-state index contributed by atoms with van der Waals surface area (Å²) in [7, 11) is 2.20. The molecule has 0 unspecified atom stereocenters. The van der Waals surface area contributed by atoms with Gasteiger partial charge in [0, 0.05) is 24.2 Å². The molecule has 1 aromatic rings. The Labute approximate surface area is 123 Å². The first kappa shape index (κ1) is 15.6. The Morgan fingerprint density at radius 3 is 2.65 bits per heavy atom. The Kier molecular flexibility index (Phi) is 5.28. The highest BCUT2D eigenvalue weighted by atomic mass is 16.3. The predicted molar refractivity (Wildman–Crippen MR) is 83.6 cm³/mol. The molecule has 1 heterocycles. The molecule has 0 bridgehead atoms. The van der Waals surface area contributed by atoms with Crippen LogP contribution in [0.5, 0.6) is 0 Å². The van der Waals surface area contributed by atoms with Gasteiger partial charge in [0.1, 0.15) is 5.76 Å². The number of furan rings is 1. The highest BCUT2D eigenvalue weighted by Gasteiger charge is 2.17. The third-order valence-corrected chi connectivity index (χ3v) is 4.00. The Morgan fingerprint density at radius 2 is 2.00 bits per heavy atom. The van der Waals surface area contributed by atoms with Crippen LogP contribution in [0, 0.1) is 5.92 Å². The van der Waals surface area contributed by atoms with Crippen molar-refractivity contribution in [2.75, 3.05) is 13.6 Å². The number of nitrogens with one attached hydrogen (secondary N) is 1. The molecule has 0 aromatic carbocycles. The van der Waals surface area contributed by atoms with Gasteiger partial charge in [-0.1, -0.05) is 12.8 Å². The molecule has 3 heteroatoms. The van der Waals surface area contributed by atoms with Crippen molar-refractivity contribution in [1.29, 1.82) is 0 Å². The summed E-state index contributed by atoms with van der Waals surface area (Å²) < 4.78 is 5.68. The summed E-state index contributed by atoms with van der Waals surface area (Å²) in [6, 6.07) is 2.18. The maximum atomic E-state index is 5.68. The van der Waals surface area contributed by atoms with Crippen LogP contribution in [-0.4, -0.2) is 24.0 Å². The Bertz CT molecular complexity index is 399. The van der Waals surface area contributed by atoms with Crippen LogP contribution in [-0.2, 0) is 13.1 Å². The van der Waals surface area contributed by atoms with Crippen LogP contribution in [0.2, 0.25) is 0 Å². The monoisotopic (exact) mass is 278 g/mol. The first-order chi connectivity index (χ1) is 9.42. The van der Waals surface area contributed by atoms with Crippen molar-refractivity contribution in [3.05, 3.63) is 23.7 Å². The number of hydrogen-bond donors (Lipinski definition) is 1. The zero-order valence-corrected chi connectivity index (χ0v) is 13.5. The highest BCUT2D eigenvalue weighted by Crippen LogP contribution is 2.25. The predicted octanol–water partition coefficient (Wildman–Crippen LogP) is 3.79. The summed E-state index contributed by atoms with van der Waals surface area (Å²) in [5.41, 5.74) is 1.39. The number of hydrogen-bond acceptors (Lipinski definition) is 3. The molecule has 2 rings (SSSR count). The van der Waals surface area contributed by atoms with Gasteiger partial charge in [0.2, 0.25) is 0 Å². The van der Waals surface area contributed by atoms with Crippen molar-refractivity contribution in [2.45, 2.75) is 65.1 Å². The van der Waals surface area contributed by atoms with E-state index in [0.717, 1.165) is 24.8 Å². The van der Waals surface area contributed by atoms with E-state index in [2.05, 4.69) is 44.1 Å². The molecule has 1 aliphatic carbocycles. The van der Waals surface area contributed by atoms with Crippen LogP contribution >= 0.6 is 0 Å². The van der Waals surface area contributed by atoms with E-state index in [1.165, 1.54) is 37.8 Å². The standard InChI is InChI=1S/C17H30N2O/c1-17(2,3)18-10-15-9-16(20-13-15)12-19(4)11-14-7-5-6-8-14/h9,13-14,18H,5-8,10-12H2,1-4H3. The van der Waals surface area contributed by atoms with Gasteiger partial charge in [0.15, 0.2) is 0 Å². The minimum absolute atomic E-state index is 0.150. The first-order valence-corrected chi connectivity index (χ1v) is 7.92. The third kappa shape index (κ3) is 5.29. The molecule has 0 atom stereocenters. The normalized spacial score (nSPS) is 17.2. The van der Waals surface area contributed by atoms with E-state index >= 15 is 0 Å². The smallest absolute Gasteiger partial charge is 0.118 e. The van der Waals surface area contributed by atoms with E-state index in [1.807, 2.05) is 6.26 Å². The lowest BCUT2D eigenvalue weighted by molar-refractivity contribution is 0.251. The molecule has 1 N–H and O–H groups in total. The van der Waals surface area contributed by atoms with Crippen molar-refractivity contribution in [3.63, 3.8) is 0 Å². The van der Waals surface area contributed by atoms with E-state index < -0.39 is 0 Å². The fraction of sp³-hybridized carbons (Fsp3) is 0.765. The fourth-order valence-electron chi connectivity index (χ4n) is 2.93. The van der Waals surface area contributed by atoms with Gasteiger partial charge in [-0.3, -0.25) is 4.90 Å². The maximum Gasteiger partial charge on any atom is 0.118 e. The first-order valence-electron chi connectivity index (χ1n) is 7.92. The van der Waals surface area contributed by atoms with Gasteiger partial charge in [0.25, 0.3) is 0 Å². The zero-order valence-electron chi connectivity index (χ0n) is 13.5. The van der Waals surface area contributed by atoms with E-state index in [9.17, 15) is 0 Å². The van der Waals surface area contributed by atoms with Crippen LogP contribution in [0.25, 0.3) is 0 Å². The summed E-state index contributed by atoms with van der Waals surface area (Å²) >= 11 is 0. The minimum atomic E-state index is 0.150. The van der Waals surface area contributed by atoms with Crippen molar-refractivity contribution >= 4 is 0 Å². The van der Waals surface area contributed by atoms with Crippen LogP contribution in [0.4, 0.5) is 0 Å². The molecule has 3 nitrogen and oxygen atoms in total. The number of nitrogens with zero attached hydrogens (tertiary/aromatic N) is 1. The molecule has 1 aliphatic rings. The molecular weight excluding hydrogens is 248 g/mol. The lowest BCUT2D eigenvalue weighted by Gasteiger charge is -2.20. The highest BCUT2D eigenvalue weighted by molar-refractivity contribution is 5.13. The molecule has 1 fully saturated rings. The molecule has 0 radical (unpaired) electrons. The SMILES string of the molecule is CN(Cc1cc(CNC(C)(C)C)co1)CC1CCCC1. The molecule has 1 saturated carbocycles. The van der Waals surface area contributed by atoms with Crippen molar-refractivity contribution in [2.24, 2.45) is 5.92 Å². The van der Waals surface area contributed by atoms with E-state index in [4.69, 9.17) is 4.42 Å². The quantitative estimate of drug-likeness (QED) is 0.858. The summed E-state index contributed by atoms with van der Waals surface area (Å²) in [6.45, 7) is 9.55. The van der Waals surface area contributed by atoms with Gasteiger partial charge in [-0.2, -0.15) is 0 Å². The molecule has 20 heavy (non-hydrogen) atoms. The van der Waals surface area contributed by atoms with Gasteiger partial charge in [0.05, 0.1) is 12.8 Å². The Balaban J connectivity index is 1.76. The Hall–Kier alpha value is -0.800. The zero-order chi connectivity index (χ0) is 14.6. The summed E-state index contributed by atoms with van der Waals surface area (Å²) in [6.07, 6.45) is 7.54. The van der Waals surface area contributed by atoms with Crippen LogP contribution in [0.1, 0.15) is 57.8 Å². The lowest BCUT2D eigenvalue weighted by atomic mass is 10.1. The molecule has 0 spiro atoms. The lowest BCUT2D eigenvalue weighted by Crippen LogP contribution is -2.34. The van der Waals surface area contributed by atoms with E-state index in [-0.39, 0.29) is 5.54 Å². The Morgan fingerprint density at radius 1 is 1.30 bits per heavy atom. The molecule has 114 valence electrons. The van der Waals surface area contributed by atoms with E-state index in [0.29, 0.717) is 0 Å².